The van der Waals surface area contributed by atoms with Gasteiger partial charge in [-0.2, -0.15) is 0 Å². The third-order valence-electron chi connectivity index (χ3n) is 5.75. The van der Waals surface area contributed by atoms with Gasteiger partial charge in [-0.25, -0.2) is 0 Å². The third kappa shape index (κ3) is 4.57. The number of hydrogen-bond donors (Lipinski definition) is 2. The highest BCUT2D eigenvalue weighted by Gasteiger charge is 2.49. The summed E-state index contributed by atoms with van der Waals surface area (Å²) in [5.74, 6) is 0.173. The molecule has 0 aromatic heterocycles. The van der Waals surface area contributed by atoms with Crippen molar-refractivity contribution in [1.82, 2.24) is 5.32 Å². The van der Waals surface area contributed by atoms with Crippen molar-refractivity contribution in [1.29, 1.82) is 0 Å². The predicted octanol–water partition coefficient (Wildman–Crippen LogP) is 2.32. The molecule has 26 heavy (non-hydrogen) atoms. The first-order chi connectivity index (χ1) is 12.1. The van der Waals surface area contributed by atoms with Gasteiger partial charge in [0.15, 0.2) is 0 Å². The molecule has 2 aliphatic carbocycles. The highest BCUT2D eigenvalue weighted by molar-refractivity contribution is 5.85. The number of ether oxygens (including phenoxy) is 1. The van der Waals surface area contributed by atoms with Crippen LogP contribution in [0.1, 0.15) is 31.7 Å². The Morgan fingerprint density at radius 2 is 1.92 bits per heavy atom. The van der Waals surface area contributed by atoms with E-state index < -0.39 is 0 Å². The lowest BCUT2D eigenvalue weighted by Crippen LogP contribution is -2.47. The summed E-state index contributed by atoms with van der Waals surface area (Å²) in [6.07, 6.45) is 3.88. The summed E-state index contributed by atoms with van der Waals surface area (Å²) < 4.78 is 5.19. The van der Waals surface area contributed by atoms with Crippen LogP contribution in [0.4, 0.5) is 0 Å². The summed E-state index contributed by atoms with van der Waals surface area (Å²) in [5, 5.41) is 2.98. The highest BCUT2D eigenvalue weighted by Crippen LogP contribution is 2.47. The Hall–Kier alpha value is -1.59. The molecule has 2 saturated carbocycles. The van der Waals surface area contributed by atoms with Crippen molar-refractivity contribution in [2.75, 3.05) is 13.2 Å². The molecule has 1 amide bonds. The van der Waals surface area contributed by atoms with E-state index in [4.69, 9.17) is 10.5 Å². The molecular formula is C20H29ClN2O3. The minimum atomic E-state index is -0.374. The Morgan fingerprint density at radius 1 is 1.23 bits per heavy atom. The van der Waals surface area contributed by atoms with Crippen molar-refractivity contribution in [3.8, 4) is 0 Å². The van der Waals surface area contributed by atoms with Gasteiger partial charge in [-0.1, -0.05) is 30.3 Å². The van der Waals surface area contributed by atoms with Crippen LogP contribution < -0.4 is 11.1 Å². The van der Waals surface area contributed by atoms with Crippen LogP contribution >= 0.6 is 12.4 Å². The smallest absolute Gasteiger partial charge is 0.311 e. The van der Waals surface area contributed by atoms with Crippen molar-refractivity contribution in [3.63, 3.8) is 0 Å². The van der Waals surface area contributed by atoms with E-state index in [0.29, 0.717) is 31.4 Å². The fraction of sp³-hybridized carbons (Fsp3) is 0.600. The molecule has 2 fully saturated rings. The maximum absolute atomic E-state index is 12.6. The number of carbonyl (C=O) groups excluding carboxylic acids is 2. The van der Waals surface area contributed by atoms with Gasteiger partial charge in [0, 0.05) is 12.6 Å². The van der Waals surface area contributed by atoms with Crippen molar-refractivity contribution in [2.45, 2.75) is 38.6 Å². The lowest BCUT2D eigenvalue weighted by molar-refractivity contribution is -0.148. The first-order valence-electron chi connectivity index (χ1n) is 9.34. The molecule has 2 aliphatic rings. The number of hydrogen-bond acceptors (Lipinski definition) is 4. The molecule has 5 unspecified atom stereocenters. The Bertz CT molecular complexity index is 608. The van der Waals surface area contributed by atoms with Gasteiger partial charge in [-0.05, 0) is 50.0 Å². The van der Waals surface area contributed by atoms with E-state index in [1.807, 2.05) is 30.3 Å². The van der Waals surface area contributed by atoms with Crippen molar-refractivity contribution < 1.29 is 14.3 Å². The van der Waals surface area contributed by atoms with Crippen LogP contribution in [0.3, 0.4) is 0 Å². The quantitative estimate of drug-likeness (QED) is 0.711. The summed E-state index contributed by atoms with van der Waals surface area (Å²) >= 11 is 0. The molecule has 0 saturated heterocycles. The van der Waals surface area contributed by atoms with Crippen LogP contribution in [-0.2, 0) is 20.7 Å². The zero-order chi connectivity index (χ0) is 17.8. The number of carbonyl (C=O) groups is 2. The van der Waals surface area contributed by atoms with E-state index in [1.54, 1.807) is 6.92 Å². The second kappa shape index (κ2) is 9.38. The number of halogens is 1. The van der Waals surface area contributed by atoms with Crippen LogP contribution in [0.2, 0.25) is 0 Å². The van der Waals surface area contributed by atoms with E-state index >= 15 is 0 Å². The standard InChI is InChI=1S/C20H28N2O3.ClH/c1-2-25-20(24)16(10-13-6-4-3-5-7-13)12-22-19(23)17-14-8-9-15(11-14)18(17)21;/h3-7,14-18H,2,8-12,21H2,1H3,(H,22,23);1H. The second-order valence-electron chi connectivity index (χ2n) is 7.32. The maximum Gasteiger partial charge on any atom is 0.311 e. The molecule has 5 atom stereocenters. The molecule has 0 spiro atoms. The monoisotopic (exact) mass is 380 g/mol. The predicted molar refractivity (Wildman–Crippen MR) is 103 cm³/mol. The summed E-state index contributed by atoms with van der Waals surface area (Å²) in [6.45, 7) is 2.44. The van der Waals surface area contributed by atoms with Gasteiger partial charge in [0.05, 0.1) is 18.4 Å². The van der Waals surface area contributed by atoms with E-state index in [-0.39, 0.29) is 42.2 Å². The number of rotatable bonds is 7. The van der Waals surface area contributed by atoms with Crippen LogP contribution in [0.5, 0.6) is 0 Å². The van der Waals surface area contributed by atoms with Gasteiger partial charge in [0.1, 0.15) is 0 Å². The average Bonchev–Trinajstić information content (AvgIpc) is 3.20. The molecule has 5 nitrogen and oxygen atoms in total. The summed E-state index contributed by atoms with van der Waals surface area (Å²) in [7, 11) is 0. The normalized spacial score (nSPS) is 27.5. The fourth-order valence-corrected chi connectivity index (χ4v) is 4.46. The zero-order valence-electron chi connectivity index (χ0n) is 15.2. The van der Waals surface area contributed by atoms with E-state index in [1.165, 1.54) is 0 Å². The Balaban J connectivity index is 0.00000243. The number of nitrogens with two attached hydrogens (primary N) is 1. The number of amides is 1. The first-order valence-corrected chi connectivity index (χ1v) is 9.34. The topological polar surface area (TPSA) is 81.4 Å². The summed E-state index contributed by atoms with van der Waals surface area (Å²) in [4.78, 5) is 24.9. The minimum absolute atomic E-state index is 0. The minimum Gasteiger partial charge on any atom is -0.466 e. The SMILES string of the molecule is CCOC(=O)C(CNC(=O)C1C2CCC(C2)C1N)Cc1ccccc1.Cl. The van der Waals surface area contributed by atoms with Gasteiger partial charge in [-0.15, -0.1) is 12.4 Å². The second-order valence-corrected chi connectivity index (χ2v) is 7.32. The van der Waals surface area contributed by atoms with Crippen LogP contribution in [0, 0.1) is 23.7 Å². The van der Waals surface area contributed by atoms with Gasteiger partial charge < -0.3 is 15.8 Å². The zero-order valence-corrected chi connectivity index (χ0v) is 16.0. The molecule has 1 aromatic rings. The van der Waals surface area contributed by atoms with E-state index in [9.17, 15) is 9.59 Å². The highest BCUT2D eigenvalue weighted by atomic mass is 35.5. The maximum atomic E-state index is 12.6. The number of esters is 1. The fourth-order valence-electron chi connectivity index (χ4n) is 4.46. The van der Waals surface area contributed by atoms with Crippen molar-refractivity contribution >= 4 is 24.3 Å². The number of benzene rings is 1. The molecule has 3 N–H and O–H groups in total. The number of fused-ring (bicyclic) bond motifs is 2. The van der Waals surface area contributed by atoms with Gasteiger partial charge in [0.25, 0.3) is 0 Å². The molecule has 0 aliphatic heterocycles. The first kappa shape index (κ1) is 20.7. The van der Waals surface area contributed by atoms with Crippen LogP contribution in [0.15, 0.2) is 30.3 Å². The molecule has 6 heteroatoms. The Labute approximate surface area is 161 Å². The molecule has 2 bridgehead atoms. The largest absolute Gasteiger partial charge is 0.466 e. The molecular weight excluding hydrogens is 352 g/mol. The van der Waals surface area contributed by atoms with Crippen LogP contribution in [-0.4, -0.2) is 31.1 Å². The lowest BCUT2D eigenvalue weighted by atomic mass is 9.84. The van der Waals surface area contributed by atoms with Crippen molar-refractivity contribution in [2.24, 2.45) is 29.4 Å². The summed E-state index contributed by atoms with van der Waals surface area (Å²) in [5.41, 5.74) is 7.31. The molecule has 0 heterocycles. The lowest BCUT2D eigenvalue weighted by Gasteiger charge is -2.27. The van der Waals surface area contributed by atoms with E-state index in [0.717, 1.165) is 24.8 Å². The van der Waals surface area contributed by atoms with Crippen LogP contribution in [0.25, 0.3) is 0 Å². The molecule has 144 valence electrons. The molecule has 0 radical (unpaired) electrons. The van der Waals surface area contributed by atoms with Gasteiger partial charge >= 0.3 is 5.97 Å². The number of nitrogens with one attached hydrogen (secondary N) is 1. The van der Waals surface area contributed by atoms with Crippen molar-refractivity contribution in [3.05, 3.63) is 35.9 Å². The average molecular weight is 381 g/mol. The molecule has 1 aromatic carbocycles. The Morgan fingerprint density at radius 3 is 2.54 bits per heavy atom. The summed E-state index contributed by atoms with van der Waals surface area (Å²) in [6, 6.07) is 9.78. The third-order valence-corrected chi connectivity index (χ3v) is 5.75. The molecule has 3 rings (SSSR count). The van der Waals surface area contributed by atoms with E-state index in [2.05, 4.69) is 5.32 Å². The van der Waals surface area contributed by atoms with Gasteiger partial charge in [-0.3, -0.25) is 9.59 Å². The Kier molecular flexibility index (Phi) is 7.47. The van der Waals surface area contributed by atoms with Gasteiger partial charge in [0.2, 0.25) is 5.91 Å².